The molecule has 5 heteroatoms. The van der Waals surface area contributed by atoms with Crippen LogP contribution in [0.3, 0.4) is 0 Å². The fourth-order valence-electron chi connectivity index (χ4n) is 1.45. The SMILES string of the molecule is N#Cc1ccc(Br)cc1Nc1ccc(I)cc1Br. The third kappa shape index (κ3) is 3.25. The third-order valence-electron chi connectivity index (χ3n) is 2.30. The van der Waals surface area contributed by atoms with E-state index < -0.39 is 0 Å². The smallest absolute Gasteiger partial charge is 0.101 e. The molecule has 18 heavy (non-hydrogen) atoms. The van der Waals surface area contributed by atoms with Crippen LogP contribution in [0.2, 0.25) is 0 Å². The zero-order valence-corrected chi connectivity index (χ0v) is 14.4. The van der Waals surface area contributed by atoms with Crippen molar-refractivity contribution in [1.29, 1.82) is 5.26 Å². The second-order valence-corrected chi connectivity index (χ2v) is 6.57. The van der Waals surface area contributed by atoms with Crippen molar-refractivity contribution in [2.45, 2.75) is 0 Å². The van der Waals surface area contributed by atoms with Gasteiger partial charge in [0.2, 0.25) is 0 Å². The Hall–Kier alpha value is -0.580. The Morgan fingerprint density at radius 2 is 1.83 bits per heavy atom. The molecule has 0 fully saturated rings. The zero-order valence-electron chi connectivity index (χ0n) is 9.05. The molecule has 0 aliphatic rings. The van der Waals surface area contributed by atoms with Gasteiger partial charge in [0.1, 0.15) is 6.07 Å². The third-order valence-corrected chi connectivity index (χ3v) is 4.12. The summed E-state index contributed by atoms with van der Waals surface area (Å²) in [7, 11) is 0. The monoisotopic (exact) mass is 476 g/mol. The van der Waals surface area contributed by atoms with Gasteiger partial charge >= 0.3 is 0 Å². The van der Waals surface area contributed by atoms with Gasteiger partial charge in [0.15, 0.2) is 0 Å². The number of halogens is 3. The van der Waals surface area contributed by atoms with Crippen LogP contribution in [-0.2, 0) is 0 Å². The molecule has 0 amide bonds. The van der Waals surface area contributed by atoms with E-state index in [2.05, 4.69) is 65.8 Å². The minimum atomic E-state index is 0.614. The van der Waals surface area contributed by atoms with Crippen molar-refractivity contribution in [2.75, 3.05) is 5.32 Å². The van der Waals surface area contributed by atoms with Crippen molar-refractivity contribution in [2.24, 2.45) is 0 Å². The molecule has 0 aromatic heterocycles. The molecule has 0 saturated heterocycles. The number of hydrogen-bond acceptors (Lipinski definition) is 2. The fourth-order valence-corrected chi connectivity index (χ4v) is 3.21. The van der Waals surface area contributed by atoms with E-state index in [-0.39, 0.29) is 0 Å². The maximum absolute atomic E-state index is 9.08. The van der Waals surface area contributed by atoms with Gasteiger partial charge in [-0.3, -0.25) is 0 Å². The van der Waals surface area contributed by atoms with Crippen LogP contribution in [-0.4, -0.2) is 0 Å². The summed E-state index contributed by atoms with van der Waals surface area (Å²) in [5.74, 6) is 0. The van der Waals surface area contributed by atoms with Crippen molar-refractivity contribution in [3.63, 3.8) is 0 Å². The van der Waals surface area contributed by atoms with Crippen molar-refractivity contribution in [3.8, 4) is 6.07 Å². The molecule has 0 atom stereocenters. The van der Waals surface area contributed by atoms with Crippen molar-refractivity contribution in [3.05, 3.63) is 54.5 Å². The van der Waals surface area contributed by atoms with Crippen molar-refractivity contribution < 1.29 is 0 Å². The molecule has 0 heterocycles. The molecule has 0 aliphatic heterocycles. The first-order chi connectivity index (χ1) is 8.60. The highest BCUT2D eigenvalue weighted by Crippen LogP contribution is 2.30. The van der Waals surface area contributed by atoms with E-state index in [4.69, 9.17) is 5.26 Å². The van der Waals surface area contributed by atoms with Crippen LogP contribution in [0, 0.1) is 14.9 Å². The molecule has 0 radical (unpaired) electrons. The molecule has 0 bridgehead atoms. The molecular formula is C13H7Br2IN2. The van der Waals surface area contributed by atoms with E-state index >= 15 is 0 Å². The quantitative estimate of drug-likeness (QED) is 0.585. The number of nitriles is 1. The van der Waals surface area contributed by atoms with Crippen LogP contribution in [0.4, 0.5) is 11.4 Å². The topological polar surface area (TPSA) is 35.8 Å². The van der Waals surface area contributed by atoms with Crippen LogP contribution < -0.4 is 5.32 Å². The molecule has 2 rings (SSSR count). The minimum absolute atomic E-state index is 0.614. The van der Waals surface area contributed by atoms with Crippen molar-refractivity contribution >= 4 is 65.8 Å². The minimum Gasteiger partial charge on any atom is -0.353 e. The van der Waals surface area contributed by atoms with Gasteiger partial charge in [0.25, 0.3) is 0 Å². The molecule has 0 spiro atoms. The lowest BCUT2D eigenvalue weighted by atomic mass is 10.2. The van der Waals surface area contributed by atoms with E-state index in [0.29, 0.717) is 5.56 Å². The Bertz CT molecular complexity index is 635. The number of nitrogens with zero attached hydrogens (tertiary/aromatic N) is 1. The van der Waals surface area contributed by atoms with Gasteiger partial charge in [-0.25, -0.2) is 0 Å². The first-order valence-corrected chi connectivity index (χ1v) is 7.68. The van der Waals surface area contributed by atoms with Gasteiger partial charge in [-0.15, -0.1) is 0 Å². The highest BCUT2D eigenvalue weighted by atomic mass is 127. The average molecular weight is 478 g/mol. The lowest BCUT2D eigenvalue weighted by Gasteiger charge is -2.10. The first-order valence-electron chi connectivity index (χ1n) is 5.02. The maximum atomic E-state index is 9.08. The lowest BCUT2D eigenvalue weighted by molar-refractivity contribution is 1.44. The molecule has 1 N–H and O–H groups in total. The van der Waals surface area contributed by atoms with E-state index in [1.807, 2.05) is 30.3 Å². The van der Waals surface area contributed by atoms with Gasteiger partial charge in [-0.05, 0) is 74.9 Å². The molecule has 2 nitrogen and oxygen atoms in total. The van der Waals surface area contributed by atoms with Crippen LogP contribution in [0.15, 0.2) is 45.3 Å². The van der Waals surface area contributed by atoms with Crippen LogP contribution in [0.25, 0.3) is 0 Å². The number of rotatable bonds is 2. The van der Waals surface area contributed by atoms with Gasteiger partial charge in [0.05, 0.1) is 16.9 Å². The molecule has 0 saturated carbocycles. The molecule has 90 valence electrons. The summed E-state index contributed by atoms with van der Waals surface area (Å²) in [6, 6.07) is 13.7. The fraction of sp³-hybridized carbons (Fsp3) is 0. The summed E-state index contributed by atoms with van der Waals surface area (Å²) in [5.41, 5.74) is 2.34. The molecule has 0 unspecified atom stereocenters. The average Bonchev–Trinajstić information content (AvgIpc) is 2.33. The summed E-state index contributed by atoms with van der Waals surface area (Å²) < 4.78 is 3.06. The number of anilines is 2. The van der Waals surface area contributed by atoms with Gasteiger partial charge in [-0.2, -0.15) is 5.26 Å². The number of benzene rings is 2. The van der Waals surface area contributed by atoms with Crippen LogP contribution >= 0.6 is 54.5 Å². The predicted molar refractivity (Wildman–Crippen MR) is 89.0 cm³/mol. The molecule has 0 aliphatic carbocycles. The number of hydrogen-bond donors (Lipinski definition) is 1. The lowest BCUT2D eigenvalue weighted by Crippen LogP contribution is -1.95. The highest BCUT2D eigenvalue weighted by molar-refractivity contribution is 14.1. The second kappa shape index (κ2) is 6.04. The number of nitrogens with one attached hydrogen (secondary N) is 1. The summed E-state index contributed by atoms with van der Waals surface area (Å²) in [6.07, 6.45) is 0. The summed E-state index contributed by atoms with van der Waals surface area (Å²) >= 11 is 9.17. The van der Waals surface area contributed by atoms with E-state index in [9.17, 15) is 0 Å². The highest BCUT2D eigenvalue weighted by Gasteiger charge is 2.06. The van der Waals surface area contributed by atoms with Gasteiger partial charge in [-0.1, -0.05) is 15.9 Å². The summed E-state index contributed by atoms with van der Waals surface area (Å²) in [5, 5.41) is 12.3. The van der Waals surface area contributed by atoms with E-state index in [1.165, 1.54) is 0 Å². The predicted octanol–water partition coefficient (Wildman–Crippen LogP) is 5.43. The largest absolute Gasteiger partial charge is 0.353 e. The Labute approximate surface area is 136 Å². The van der Waals surface area contributed by atoms with Gasteiger partial charge < -0.3 is 5.32 Å². The van der Waals surface area contributed by atoms with Gasteiger partial charge in [0, 0.05) is 12.5 Å². The normalized spacial score (nSPS) is 9.89. The van der Waals surface area contributed by atoms with E-state index in [0.717, 1.165) is 23.9 Å². The van der Waals surface area contributed by atoms with Crippen LogP contribution in [0.5, 0.6) is 0 Å². The summed E-state index contributed by atoms with van der Waals surface area (Å²) in [6.45, 7) is 0. The second-order valence-electron chi connectivity index (χ2n) is 3.55. The Morgan fingerprint density at radius 1 is 1.06 bits per heavy atom. The van der Waals surface area contributed by atoms with Crippen molar-refractivity contribution in [1.82, 2.24) is 0 Å². The zero-order chi connectivity index (χ0) is 13.1. The summed E-state index contributed by atoms with van der Waals surface area (Å²) in [4.78, 5) is 0. The maximum Gasteiger partial charge on any atom is 0.101 e. The van der Waals surface area contributed by atoms with E-state index in [1.54, 1.807) is 6.07 Å². The Balaban J connectivity index is 2.40. The molecule has 2 aromatic rings. The first kappa shape index (κ1) is 13.8. The Morgan fingerprint density at radius 3 is 2.50 bits per heavy atom. The standard InChI is InChI=1S/C13H7Br2IN2/c14-9-2-1-8(7-17)13(5-9)18-12-4-3-10(16)6-11(12)15/h1-6,18H. The van der Waals surface area contributed by atoms with Crippen LogP contribution in [0.1, 0.15) is 5.56 Å². The Kier molecular flexibility index (Phi) is 4.65. The molecular weight excluding hydrogens is 471 g/mol. The molecule has 2 aromatic carbocycles.